The quantitative estimate of drug-likeness (QED) is 0.373. The van der Waals surface area contributed by atoms with E-state index >= 15 is 0 Å². The van der Waals surface area contributed by atoms with Gasteiger partial charge in [-0.25, -0.2) is 0 Å². The minimum absolute atomic E-state index is 0. The first-order valence-corrected chi connectivity index (χ1v) is 2.95. The van der Waals surface area contributed by atoms with Gasteiger partial charge in [0.2, 0.25) is 0 Å². The van der Waals surface area contributed by atoms with Gasteiger partial charge in [-0.1, -0.05) is 0 Å². The standard InChI is InChI=1S/HO2PS.H3P/c1-3(2)4;/h(H-,1,2,4);1H3/p+1. The minimum Gasteiger partial charge on any atom is -0.153 e. The van der Waals surface area contributed by atoms with Gasteiger partial charge in [-0.05, 0) is 4.57 Å². The maximum Gasteiger partial charge on any atom is 0.579 e. The van der Waals surface area contributed by atoms with Crippen LogP contribution in [0.5, 0.6) is 0 Å². The third-order valence-electron chi connectivity index (χ3n) is 0. The Morgan fingerprint density at radius 3 is 1.80 bits per heavy atom. The molecule has 2 atom stereocenters. The second kappa shape index (κ2) is 4.84. The Kier molecular flexibility index (Phi) is 8.98. The molecule has 0 aromatic carbocycles. The molecule has 0 amide bonds. The Labute approximate surface area is 39.6 Å². The topological polar surface area (TPSA) is 37.3 Å². The average Bonchev–Trinajstić information content (AvgIpc) is 0.811. The van der Waals surface area contributed by atoms with Gasteiger partial charge in [0, 0.05) is 0 Å². The van der Waals surface area contributed by atoms with E-state index < -0.39 is 7.23 Å². The van der Waals surface area contributed by atoms with Gasteiger partial charge in [-0.2, -0.15) is 14.8 Å². The molecule has 0 aliphatic rings. The fraction of sp³-hybridized carbons (Fsp3) is 0. The van der Waals surface area contributed by atoms with Crippen molar-refractivity contribution in [3.05, 3.63) is 0 Å². The van der Waals surface area contributed by atoms with Gasteiger partial charge in [0.05, 0.1) is 0 Å². The highest BCUT2D eigenvalue weighted by atomic mass is 32.7. The van der Waals surface area contributed by atoms with Gasteiger partial charge in [0.15, 0.2) is 0 Å². The highest BCUT2D eigenvalue weighted by molar-refractivity contribution is 8.38. The van der Waals surface area contributed by atoms with Crippen molar-refractivity contribution in [2.24, 2.45) is 0 Å². The molecule has 0 bridgehead atoms. The molecule has 0 aliphatic heterocycles. The van der Waals surface area contributed by atoms with Crippen LogP contribution < -0.4 is 0 Å². The van der Waals surface area contributed by atoms with E-state index in [0.717, 1.165) is 0 Å². The van der Waals surface area contributed by atoms with Crippen LogP contribution in [-0.2, 0) is 4.57 Å². The highest BCUT2D eigenvalue weighted by Crippen LogP contribution is 2.16. The molecule has 0 saturated heterocycles. The van der Waals surface area contributed by atoms with Crippen molar-refractivity contribution in [2.75, 3.05) is 0 Å². The summed E-state index contributed by atoms with van der Waals surface area (Å²) in [6, 6.07) is 0. The van der Waals surface area contributed by atoms with Crippen LogP contribution in [-0.4, -0.2) is 4.89 Å². The first-order valence-electron chi connectivity index (χ1n) is 0.583. The van der Waals surface area contributed by atoms with Crippen LogP contribution in [0.25, 0.3) is 0 Å². The van der Waals surface area contributed by atoms with Gasteiger partial charge < -0.3 is 0 Å². The van der Waals surface area contributed by atoms with Crippen LogP contribution in [0.2, 0.25) is 0 Å². The summed E-state index contributed by atoms with van der Waals surface area (Å²) in [7, 11) is -2.18. The van der Waals surface area contributed by atoms with E-state index in [0.29, 0.717) is 0 Å². The van der Waals surface area contributed by atoms with Crippen LogP contribution in [0, 0.1) is 0 Å². The van der Waals surface area contributed by atoms with Crippen LogP contribution in [0.15, 0.2) is 0 Å². The zero-order valence-corrected chi connectivity index (χ0v) is 5.66. The number of hydrogen-bond donors (Lipinski definition) is 2. The molecule has 5 heavy (non-hydrogen) atoms. The number of hydrogen-bond acceptors (Lipinski definition) is 1. The Hall–Kier alpha value is 0.840. The lowest BCUT2D eigenvalue weighted by Crippen LogP contribution is -1.21. The molecule has 0 saturated carbocycles. The van der Waals surface area contributed by atoms with Crippen molar-refractivity contribution in [1.82, 2.24) is 0 Å². The molecular formula is H5O2P2S+. The maximum atomic E-state index is 9.01. The van der Waals surface area contributed by atoms with Crippen LogP contribution in [0.3, 0.4) is 0 Å². The van der Waals surface area contributed by atoms with Crippen molar-refractivity contribution in [3.63, 3.8) is 0 Å². The molecule has 0 heterocycles. The van der Waals surface area contributed by atoms with Crippen LogP contribution in [0.4, 0.5) is 0 Å². The van der Waals surface area contributed by atoms with Crippen molar-refractivity contribution in [3.8, 4) is 0 Å². The normalized spacial score (nSPS) is 8.80. The van der Waals surface area contributed by atoms with Gasteiger partial charge in [-0.15, -0.1) is 0 Å². The van der Waals surface area contributed by atoms with Gasteiger partial charge in [0.25, 0.3) is 0 Å². The summed E-state index contributed by atoms with van der Waals surface area (Å²) in [6.07, 6.45) is 0. The maximum absolute atomic E-state index is 9.01. The summed E-state index contributed by atoms with van der Waals surface area (Å²) < 4.78 is 9.01. The lowest BCUT2D eigenvalue weighted by molar-refractivity contribution is 0.520. The summed E-state index contributed by atoms with van der Waals surface area (Å²) in [5.74, 6) is 0. The third kappa shape index (κ3) is 55.3. The van der Waals surface area contributed by atoms with Crippen LogP contribution >= 0.6 is 29.4 Å². The van der Waals surface area contributed by atoms with Gasteiger partial charge >= 0.3 is 7.23 Å². The summed E-state index contributed by atoms with van der Waals surface area (Å²) in [5, 5.41) is 0. The monoisotopic (exact) mass is 131 g/mol. The van der Waals surface area contributed by atoms with Crippen molar-refractivity contribution >= 4 is 29.4 Å². The number of thiol groups is 1. The SMILES string of the molecule is O=[P+](O)S.P. The van der Waals surface area contributed by atoms with E-state index in [9.17, 15) is 0 Å². The van der Waals surface area contributed by atoms with E-state index in [4.69, 9.17) is 9.46 Å². The molecule has 0 spiro atoms. The van der Waals surface area contributed by atoms with Crippen molar-refractivity contribution in [1.29, 1.82) is 0 Å². The summed E-state index contributed by atoms with van der Waals surface area (Å²) in [6.45, 7) is 0. The molecule has 0 aromatic heterocycles. The number of rotatable bonds is 0. The van der Waals surface area contributed by atoms with Gasteiger partial charge in [0.1, 0.15) is 12.2 Å². The van der Waals surface area contributed by atoms with E-state index in [2.05, 4.69) is 12.2 Å². The van der Waals surface area contributed by atoms with Gasteiger partial charge in [-0.3, -0.25) is 0 Å². The molecule has 0 rings (SSSR count). The smallest absolute Gasteiger partial charge is 0.153 e. The molecule has 0 radical (unpaired) electrons. The first kappa shape index (κ1) is 9.28. The molecule has 0 fully saturated rings. The second-order valence-corrected chi connectivity index (χ2v) is 1.78. The molecule has 32 valence electrons. The van der Waals surface area contributed by atoms with E-state index in [-0.39, 0.29) is 9.90 Å². The largest absolute Gasteiger partial charge is 0.579 e. The summed E-state index contributed by atoms with van der Waals surface area (Å²) in [4.78, 5) is 7.43. The Morgan fingerprint density at radius 1 is 1.80 bits per heavy atom. The fourth-order valence-corrected chi connectivity index (χ4v) is 0. The molecule has 2 unspecified atom stereocenters. The predicted molar refractivity (Wildman–Crippen MR) is 29.9 cm³/mol. The summed E-state index contributed by atoms with van der Waals surface area (Å²) in [5.41, 5.74) is 0. The minimum atomic E-state index is -2.18. The fourth-order valence-electron chi connectivity index (χ4n) is 0. The zero-order chi connectivity index (χ0) is 3.58. The van der Waals surface area contributed by atoms with Crippen LogP contribution in [0.1, 0.15) is 0 Å². The Morgan fingerprint density at radius 2 is 1.80 bits per heavy atom. The third-order valence-corrected chi connectivity index (χ3v) is 0. The second-order valence-electron chi connectivity index (χ2n) is 0.253. The van der Waals surface area contributed by atoms with E-state index in [1.165, 1.54) is 0 Å². The molecule has 1 N–H and O–H groups in total. The van der Waals surface area contributed by atoms with E-state index in [1.54, 1.807) is 0 Å². The average molecular weight is 131 g/mol. The molecule has 0 aromatic rings. The van der Waals surface area contributed by atoms with E-state index in [1.807, 2.05) is 0 Å². The lowest BCUT2D eigenvalue weighted by atomic mass is 15.9. The van der Waals surface area contributed by atoms with Crippen molar-refractivity contribution in [2.45, 2.75) is 0 Å². The Bertz CT molecular complexity index is 30.6. The lowest BCUT2D eigenvalue weighted by Gasteiger charge is -1.33. The molecule has 0 aliphatic carbocycles. The Balaban J connectivity index is 0. The molecule has 2 nitrogen and oxygen atoms in total. The van der Waals surface area contributed by atoms with Crippen molar-refractivity contribution < 1.29 is 9.46 Å². The molecular weight excluding hydrogens is 126 g/mol. The predicted octanol–water partition coefficient (Wildman–Crippen LogP) is 0.624. The highest BCUT2D eigenvalue weighted by Gasteiger charge is 1.90. The zero-order valence-electron chi connectivity index (χ0n) is 2.46. The first-order chi connectivity index (χ1) is 1.73. The molecule has 5 heteroatoms. The summed E-state index contributed by atoms with van der Waals surface area (Å²) >= 11 is 3.03.